The van der Waals surface area contributed by atoms with Crippen LogP contribution in [0.5, 0.6) is 0 Å². The van der Waals surface area contributed by atoms with E-state index in [2.05, 4.69) is 29.8 Å². The quantitative estimate of drug-likeness (QED) is 0.798. The monoisotopic (exact) mass is 197 g/mol. The zero-order valence-corrected chi connectivity index (χ0v) is 8.64. The van der Waals surface area contributed by atoms with Crippen LogP contribution in [0.1, 0.15) is 11.8 Å². The van der Waals surface area contributed by atoms with Crippen molar-refractivity contribution in [1.29, 1.82) is 0 Å². The standard InChI is InChI=1S/C10H15NOS/c1-8-6-12-7-10(8)11-5-9-3-2-4-13-9/h2-4,8,10-11H,5-7H2,1H3. The van der Waals surface area contributed by atoms with Crippen LogP contribution in [0.3, 0.4) is 0 Å². The fourth-order valence-electron chi connectivity index (χ4n) is 1.57. The second-order valence-electron chi connectivity index (χ2n) is 3.58. The van der Waals surface area contributed by atoms with Crippen LogP contribution in [0, 0.1) is 5.92 Å². The molecule has 1 aromatic rings. The third-order valence-corrected chi connectivity index (χ3v) is 3.36. The van der Waals surface area contributed by atoms with Crippen molar-refractivity contribution >= 4 is 11.3 Å². The van der Waals surface area contributed by atoms with E-state index in [0.717, 1.165) is 19.8 Å². The van der Waals surface area contributed by atoms with Gasteiger partial charge in [-0.15, -0.1) is 11.3 Å². The smallest absolute Gasteiger partial charge is 0.0623 e. The van der Waals surface area contributed by atoms with Crippen LogP contribution in [0.2, 0.25) is 0 Å². The topological polar surface area (TPSA) is 21.3 Å². The van der Waals surface area contributed by atoms with Crippen LogP contribution >= 0.6 is 11.3 Å². The van der Waals surface area contributed by atoms with Crippen LogP contribution in [-0.2, 0) is 11.3 Å². The predicted octanol–water partition coefficient (Wildman–Crippen LogP) is 1.87. The lowest BCUT2D eigenvalue weighted by molar-refractivity contribution is 0.184. The SMILES string of the molecule is CC1COCC1NCc1cccs1. The highest BCUT2D eigenvalue weighted by atomic mass is 32.1. The van der Waals surface area contributed by atoms with Gasteiger partial charge in [-0.1, -0.05) is 13.0 Å². The van der Waals surface area contributed by atoms with Gasteiger partial charge in [0.2, 0.25) is 0 Å². The maximum absolute atomic E-state index is 5.38. The molecule has 0 aromatic carbocycles. The van der Waals surface area contributed by atoms with E-state index < -0.39 is 0 Å². The zero-order chi connectivity index (χ0) is 9.10. The zero-order valence-electron chi connectivity index (χ0n) is 7.82. The van der Waals surface area contributed by atoms with E-state index in [1.807, 2.05) is 0 Å². The molecule has 2 atom stereocenters. The van der Waals surface area contributed by atoms with E-state index in [-0.39, 0.29) is 0 Å². The van der Waals surface area contributed by atoms with E-state index in [1.54, 1.807) is 11.3 Å². The summed E-state index contributed by atoms with van der Waals surface area (Å²) in [6.07, 6.45) is 0. The maximum Gasteiger partial charge on any atom is 0.0623 e. The highest BCUT2D eigenvalue weighted by molar-refractivity contribution is 7.09. The molecule has 0 radical (unpaired) electrons. The van der Waals surface area contributed by atoms with Crippen LogP contribution in [0.4, 0.5) is 0 Å². The van der Waals surface area contributed by atoms with Crippen LogP contribution in [0.25, 0.3) is 0 Å². The van der Waals surface area contributed by atoms with Gasteiger partial charge in [0, 0.05) is 17.5 Å². The first-order valence-corrected chi connectivity index (χ1v) is 5.58. The summed E-state index contributed by atoms with van der Waals surface area (Å²) in [7, 11) is 0. The third kappa shape index (κ3) is 2.30. The fraction of sp³-hybridized carbons (Fsp3) is 0.600. The molecule has 2 heterocycles. The van der Waals surface area contributed by atoms with E-state index in [1.165, 1.54) is 4.88 Å². The summed E-state index contributed by atoms with van der Waals surface area (Å²) < 4.78 is 5.38. The van der Waals surface area contributed by atoms with Gasteiger partial charge in [-0.05, 0) is 17.4 Å². The lowest BCUT2D eigenvalue weighted by Crippen LogP contribution is -2.33. The van der Waals surface area contributed by atoms with Crippen LogP contribution in [0.15, 0.2) is 17.5 Å². The lowest BCUT2D eigenvalue weighted by atomic mass is 10.1. The summed E-state index contributed by atoms with van der Waals surface area (Å²) in [4.78, 5) is 1.40. The molecule has 1 aromatic heterocycles. The number of ether oxygens (including phenoxy) is 1. The van der Waals surface area contributed by atoms with Crippen molar-refractivity contribution in [2.75, 3.05) is 13.2 Å². The summed E-state index contributed by atoms with van der Waals surface area (Å²) in [6, 6.07) is 4.80. The van der Waals surface area contributed by atoms with Gasteiger partial charge in [0.05, 0.1) is 13.2 Å². The molecule has 3 heteroatoms. The molecular weight excluding hydrogens is 182 g/mol. The van der Waals surface area contributed by atoms with Crippen molar-refractivity contribution in [3.63, 3.8) is 0 Å². The van der Waals surface area contributed by atoms with E-state index in [9.17, 15) is 0 Å². The summed E-state index contributed by atoms with van der Waals surface area (Å²) in [6.45, 7) is 4.99. The maximum atomic E-state index is 5.38. The van der Waals surface area contributed by atoms with Gasteiger partial charge in [0.25, 0.3) is 0 Å². The van der Waals surface area contributed by atoms with Gasteiger partial charge in [0.15, 0.2) is 0 Å². The summed E-state index contributed by atoms with van der Waals surface area (Å²) in [5, 5.41) is 5.64. The molecule has 0 amide bonds. The molecule has 1 N–H and O–H groups in total. The van der Waals surface area contributed by atoms with E-state index in [0.29, 0.717) is 12.0 Å². The first-order chi connectivity index (χ1) is 6.36. The van der Waals surface area contributed by atoms with Gasteiger partial charge in [-0.3, -0.25) is 0 Å². The molecule has 1 aliphatic heterocycles. The summed E-state index contributed by atoms with van der Waals surface area (Å²) in [5.41, 5.74) is 0. The molecule has 1 aliphatic rings. The van der Waals surface area contributed by atoms with Crippen molar-refractivity contribution in [3.05, 3.63) is 22.4 Å². The minimum Gasteiger partial charge on any atom is -0.379 e. The van der Waals surface area contributed by atoms with Crippen molar-refractivity contribution in [3.8, 4) is 0 Å². The average Bonchev–Trinajstić information content (AvgIpc) is 2.72. The van der Waals surface area contributed by atoms with Crippen molar-refractivity contribution in [2.24, 2.45) is 5.92 Å². The van der Waals surface area contributed by atoms with E-state index in [4.69, 9.17) is 4.74 Å². The minimum atomic E-state index is 0.544. The van der Waals surface area contributed by atoms with Crippen molar-refractivity contribution in [2.45, 2.75) is 19.5 Å². The third-order valence-electron chi connectivity index (χ3n) is 2.48. The molecule has 2 nitrogen and oxygen atoms in total. The van der Waals surface area contributed by atoms with Gasteiger partial charge in [-0.2, -0.15) is 0 Å². The Hall–Kier alpha value is -0.380. The molecule has 0 bridgehead atoms. The van der Waals surface area contributed by atoms with Gasteiger partial charge in [0.1, 0.15) is 0 Å². The Morgan fingerprint density at radius 1 is 1.62 bits per heavy atom. The lowest BCUT2D eigenvalue weighted by Gasteiger charge is -2.14. The largest absolute Gasteiger partial charge is 0.379 e. The Morgan fingerprint density at radius 2 is 2.54 bits per heavy atom. The second-order valence-corrected chi connectivity index (χ2v) is 4.61. The first-order valence-electron chi connectivity index (χ1n) is 4.70. The Kier molecular flexibility index (Phi) is 2.98. The molecule has 0 aliphatic carbocycles. The molecule has 1 saturated heterocycles. The second kappa shape index (κ2) is 4.22. The number of rotatable bonds is 3. The highest BCUT2D eigenvalue weighted by Gasteiger charge is 2.23. The number of hydrogen-bond donors (Lipinski definition) is 1. The Morgan fingerprint density at radius 3 is 3.15 bits per heavy atom. The molecule has 72 valence electrons. The van der Waals surface area contributed by atoms with Crippen LogP contribution in [-0.4, -0.2) is 19.3 Å². The Bertz CT molecular complexity index is 247. The average molecular weight is 197 g/mol. The molecule has 0 saturated carbocycles. The van der Waals surface area contributed by atoms with Crippen molar-refractivity contribution < 1.29 is 4.74 Å². The number of thiophene rings is 1. The van der Waals surface area contributed by atoms with Gasteiger partial charge >= 0.3 is 0 Å². The number of hydrogen-bond acceptors (Lipinski definition) is 3. The van der Waals surface area contributed by atoms with Gasteiger partial charge < -0.3 is 10.1 Å². The highest BCUT2D eigenvalue weighted by Crippen LogP contribution is 2.14. The molecule has 2 unspecified atom stereocenters. The Balaban J connectivity index is 1.79. The molecule has 1 fully saturated rings. The predicted molar refractivity (Wildman–Crippen MR) is 54.9 cm³/mol. The first kappa shape index (κ1) is 9.19. The van der Waals surface area contributed by atoms with Crippen LogP contribution < -0.4 is 5.32 Å². The van der Waals surface area contributed by atoms with Crippen molar-refractivity contribution in [1.82, 2.24) is 5.32 Å². The minimum absolute atomic E-state index is 0.544. The number of nitrogens with one attached hydrogen (secondary N) is 1. The molecule has 13 heavy (non-hydrogen) atoms. The molecule has 0 spiro atoms. The normalized spacial score (nSPS) is 28.1. The Labute approximate surface area is 82.9 Å². The van der Waals surface area contributed by atoms with Gasteiger partial charge in [-0.25, -0.2) is 0 Å². The summed E-state index contributed by atoms with van der Waals surface area (Å²) in [5.74, 6) is 0.653. The summed E-state index contributed by atoms with van der Waals surface area (Å²) >= 11 is 1.80. The fourth-order valence-corrected chi connectivity index (χ4v) is 2.22. The molecule has 2 rings (SSSR count). The van der Waals surface area contributed by atoms with E-state index >= 15 is 0 Å². The molecular formula is C10H15NOS.